The van der Waals surface area contributed by atoms with E-state index >= 15 is 0 Å². The molecule has 0 aromatic carbocycles. The fraction of sp³-hybridized carbons (Fsp3) is 0.833. The molecule has 0 radical (unpaired) electrons. The molecule has 1 amide bonds. The summed E-state index contributed by atoms with van der Waals surface area (Å²) in [4.78, 5) is 24.3. The summed E-state index contributed by atoms with van der Waals surface area (Å²) in [6.45, 7) is 8.87. The van der Waals surface area contributed by atoms with Gasteiger partial charge in [0.15, 0.2) is 0 Å². The molecule has 30 heavy (non-hydrogen) atoms. The summed E-state index contributed by atoms with van der Waals surface area (Å²) in [6.07, 6.45) is 16.6. The number of hydrogen-bond acceptors (Lipinski definition) is 4. The Labute approximate surface area is 182 Å². The van der Waals surface area contributed by atoms with Gasteiger partial charge in [0.2, 0.25) is 0 Å². The molecule has 2 saturated carbocycles. The van der Waals surface area contributed by atoms with Crippen molar-refractivity contribution in [3.05, 3.63) is 12.7 Å². The number of carboxylic acids is 1. The quantitative estimate of drug-likeness (QED) is 0.604. The second kappa shape index (κ2) is 11.7. The number of likely N-dealkylation sites (tertiary alicyclic amines) is 1. The van der Waals surface area contributed by atoms with Crippen LogP contribution in [0.15, 0.2) is 12.7 Å². The van der Waals surface area contributed by atoms with E-state index in [9.17, 15) is 9.59 Å². The summed E-state index contributed by atoms with van der Waals surface area (Å²) in [5.41, 5.74) is -0.631. The first-order chi connectivity index (χ1) is 14.2. The summed E-state index contributed by atoms with van der Waals surface area (Å²) >= 11 is 0. The van der Waals surface area contributed by atoms with Gasteiger partial charge in [0.05, 0.1) is 6.04 Å². The molecular weight excluding hydrogens is 380 g/mol. The molecule has 0 aromatic rings. The Kier molecular flexibility index (Phi) is 9.66. The van der Waals surface area contributed by atoms with Gasteiger partial charge in [-0.15, -0.1) is 6.58 Å². The topological polar surface area (TPSA) is 78.9 Å². The zero-order chi connectivity index (χ0) is 22.1. The van der Waals surface area contributed by atoms with Crippen molar-refractivity contribution < 1.29 is 19.4 Å². The Morgan fingerprint density at radius 1 is 0.933 bits per heavy atom. The van der Waals surface area contributed by atoms with E-state index < -0.39 is 23.7 Å². The monoisotopic (exact) mass is 422 g/mol. The lowest BCUT2D eigenvalue weighted by atomic mass is 9.91. The van der Waals surface area contributed by atoms with E-state index in [1.54, 1.807) is 26.8 Å². The maximum atomic E-state index is 11.9. The second-order valence-electron chi connectivity index (χ2n) is 9.96. The molecule has 6 nitrogen and oxygen atoms in total. The van der Waals surface area contributed by atoms with Crippen LogP contribution in [-0.2, 0) is 9.53 Å². The van der Waals surface area contributed by atoms with Crippen molar-refractivity contribution in [1.29, 1.82) is 0 Å². The van der Waals surface area contributed by atoms with Gasteiger partial charge in [-0.05, 0) is 59.3 Å². The lowest BCUT2D eigenvalue weighted by Crippen LogP contribution is -2.46. The lowest BCUT2D eigenvalue weighted by molar-refractivity contribution is -0.142. The van der Waals surface area contributed by atoms with Crippen LogP contribution in [0.3, 0.4) is 0 Å². The van der Waals surface area contributed by atoms with Crippen molar-refractivity contribution >= 4 is 12.1 Å². The van der Waals surface area contributed by atoms with Crippen LogP contribution in [0.5, 0.6) is 0 Å². The molecule has 3 rings (SSSR count). The van der Waals surface area contributed by atoms with Crippen molar-refractivity contribution in [3.63, 3.8) is 0 Å². The minimum atomic E-state index is -1.000. The average molecular weight is 423 g/mol. The third-order valence-electron chi connectivity index (χ3n) is 6.27. The molecule has 2 N–H and O–H groups in total. The van der Waals surface area contributed by atoms with Gasteiger partial charge in [-0.3, -0.25) is 4.90 Å². The number of nitrogens with zero attached hydrogens (tertiary/aromatic N) is 1. The molecular formula is C24H42N2O4. The van der Waals surface area contributed by atoms with Crippen molar-refractivity contribution in [3.8, 4) is 0 Å². The highest BCUT2D eigenvalue weighted by Gasteiger charge is 2.41. The van der Waals surface area contributed by atoms with Gasteiger partial charge in [0.1, 0.15) is 11.6 Å². The predicted octanol–water partition coefficient (Wildman–Crippen LogP) is 5.27. The molecule has 2 aliphatic carbocycles. The fourth-order valence-corrected chi connectivity index (χ4v) is 4.76. The molecule has 1 saturated heterocycles. The Morgan fingerprint density at radius 2 is 1.43 bits per heavy atom. The first-order valence-corrected chi connectivity index (χ1v) is 11.8. The van der Waals surface area contributed by atoms with E-state index in [1.165, 1.54) is 69.1 Å². The molecule has 6 heteroatoms. The average Bonchev–Trinajstić information content (AvgIpc) is 3.14. The van der Waals surface area contributed by atoms with Gasteiger partial charge in [-0.2, -0.15) is 0 Å². The van der Waals surface area contributed by atoms with E-state index in [-0.39, 0.29) is 6.04 Å². The van der Waals surface area contributed by atoms with Gasteiger partial charge in [0, 0.05) is 12.1 Å². The SMILES string of the molecule is C1CCC(NC2CCCCC2)CC1.C=C[C@H]1CC[C@@H](C(=O)O)N1C(=O)OC(C)(C)C. The van der Waals surface area contributed by atoms with Gasteiger partial charge in [0.25, 0.3) is 0 Å². The van der Waals surface area contributed by atoms with E-state index in [1.807, 2.05) is 0 Å². The zero-order valence-corrected chi connectivity index (χ0v) is 19.2. The summed E-state index contributed by atoms with van der Waals surface area (Å²) in [7, 11) is 0. The van der Waals surface area contributed by atoms with Crippen molar-refractivity contribution in [2.24, 2.45) is 0 Å². The van der Waals surface area contributed by atoms with E-state index in [4.69, 9.17) is 9.84 Å². The largest absolute Gasteiger partial charge is 0.480 e. The van der Waals surface area contributed by atoms with Crippen LogP contribution >= 0.6 is 0 Å². The Bertz CT molecular complexity index is 544. The molecule has 172 valence electrons. The first kappa shape index (κ1) is 24.7. The van der Waals surface area contributed by atoms with E-state index in [0.717, 1.165) is 12.1 Å². The van der Waals surface area contributed by atoms with Crippen LogP contribution in [0.25, 0.3) is 0 Å². The Balaban J connectivity index is 0.000000220. The van der Waals surface area contributed by atoms with E-state index in [2.05, 4.69) is 11.9 Å². The molecule has 0 aromatic heterocycles. The maximum absolute atomic E-state index is 11.9. The number of amides is 1. The number of nitrogens with one attached hydrogen (secondary N) is 1. The number of carbonyl (C=O) groups is 2. The van der Waals surface area contributed by atoms with Gasteiger partial charge < -0.3 is 15.2 Å². The molecule has 1 heterocycles. The number of carboxylic acid groups (broad SMARTS) is 1. The maximum Gasteiger partial charge on any atom is 0.411 e. The smallest absolute Gasteiger partial charge is 0.411 e. The number of ether oxygens (including phenoxy) is 1. The molecule has 0 bridgehead atoms. The van der Waals surface area contributed by atoms with Crippen LogP contribution in [0.2, 0.25) is 0 Å². The molecule has 1 aliphatic heterocycles. The Morgan fingerprint density at radius 3 is 1.83 bits per heavy atom. The third kappa shape index (κ3) is 7.93. The number of rotatable bonds is 4. The van der Waals surface area contributed by atoms with Gasteiger partial charge in [-0.25, -0.2) is 9.59 Å². The minimum Gasteiger partial charge on any atom is -0.480 e. The first-order valence-electron chi connectivity index (χ1n) is 11.8. The van der Waals surface area contributed by atoms with Crippen molar-refractivity contribution in [2.45, 2.75) is 128 Å². The lowest BCUT2D eigenvalue weighted by Gasteiger charge is -2.30. The standard InChI is InChI=1S/C12H19NO4.C12H23N/c1-5-8-6-7-9(10(14)15)13(8)11(16)17-12(2,3)4;1-3-7-11(8-4-1)13-12-9-5-2-6-10-12/h5,8-9H,1,6-7H2,2-4H3,(H,14,15);11-13H,1-10H2/t8-,9-;/m0./s1. The zero-order valence-electron chi connectivity index (χ0n) is 19.2. The van der Waals surface area contributed by atoms with Crippen LogP contribution in [0.1, 0.15) is 97.8 Å². The van der Waals surface area contributed by atoms with Crippen LogP contribution in [0.4, 0.5) is 4.79 Å². The number of hydrogen-bond donors (Lipinski definition) is 2. The third-order valence-corrected chi connectivity index (χ3v) is 6.27. The fourth-order valence-electron chi connectivity index (χ4n) is 4.76. The van der Waals surface area contributed by atoms with Crippen LogP contribution < -0.4 is 5.32 Å². The minimum absolute atomic E-state index is 0.258. The van der Waals surface area contributed by atoms with Crippen molar-refractivity contribution in [1.82, 2.24) is 10.2 Å². The second-order valence-corrected chi connectivity index (χ2v) is 9.96. The van der Waals surface area contributed by atoms with Crippen LogP contribution in [0, 0.1) is 0 Å². The van der Waals surface area contributed by atoms with E-state index in [0.29, 0.717) is 12.8 Å². The highest BCUT2D eigenvalue weighted by molar-refractivity contribution is 5.81. The van der Waals surface area contributed by atoms with Gasteiger partial charge >= 0.3 is 12.1 Å². The molecule has 0 spiro atoms. The highest BCUT2D eigenvalue weighted by atomic mass is 16.6. The number of carbonyl (C=O) groups excluding carboxylic acids is 1. The molecule has 0 unspecified atom stereocenters. The predicted molar refractivity (Wildman–Crippen MR) is 120 cm³/mol. The normalized spacial score (nSPS) is 25.9. The summed E-state index contributed by atoms with van der Waals surface area (Å²) in [5, 5.41) is 12.9. The number of aliphatic carboxylic acids is 1. The highest BCUT2D eigenvalue weighted by Crippen LogP contribution is 2.27. The summed E-state index contributed by atoms with van der Waals surface area (Å²) < 4.78 is 5.21. The van der Waals surface area contributed by atoms with Crippen LogP contribution in [-0.4, -0.2) is 51.8 Å². The summed E-state index contributed by atoms with van der Waals surface area (Å²) in [6, 6.07) is 0.674. The molecule has 2 atom stereocenters. The van der Waals surface area contributed by atoms with Crippen molar-refractivity contribution in [2.75, 3.05) is 0 Å². The summed E-state index contributed by atoms with van der Waals surface area (Å²) in [5.74, 6) is -1.000. The molecule has 3 aliphatic rings. The molecule has 3 fully saturated rings. The van der Waals surface area contributed by atoms with Gasteiger partial charge in [-0.1, -0.05) is 44.6 Å². The Hall–Kier alpha value is -1.56.